The van der Waals surface area contributed by atoms with E-state index < -0.39 is 15.9 Å². The number of sulfonamides is 1. The first kappa shape index (κ1) is 16.1. The molecule has 2 aromatic rings. The van der Waals surface area contributed by atoms with Gasteiger partial charge in [-0.05, 0) is 17.7 Å². The summed E-state index contributed by atoms with van der Waals surface area (Å²) < 4.78 is 27.0. The van der Waals surface area contributed by atoms with Crippen LogP contribution in [0.2, 0.25) is 0 Å². The maximum absolute atomic E-state index is 12.9. The van der Waals surface area contributed by atoms with Gasteiger partial charge in [-0.2, -0.15) is 14.8 Å². The highest BCUT2D eigenvalue weighted by Crippen LogP contribution is 2.35. The fourth-order valence-corrected chi connectivity index (χ4v) is 4.54. The third-order valence-electron chi connectivity index (χ3n) is 4.17. The first-order valence-electron chi connectivity index (χ1n) is 7.37. The number of pyridine rings is 1. The molecule has 0 saturated carbocycles. The maximum atomic E-state index is 12.9. The standard InChI is InChI=1S/C17H14N4O2S/c18-9-14-11-21(12-15(14)13-5-2-1-3-6-13)24(22,23)17-7-4-8-20-16(17)10-19/h1-8,14-15H,11-12H2/t14-,15+/m1/s1. The Morgan fingerprint density at radius 1 is 1.08 bits per heavy atom. The van der Waals surface area contributed by atoms with Crippen molar-refractivity contribution in [3.63, 3.8) is 0 Å². The van der Waals surface area contributed by atoms with E-state index in [1.807, 2.05) is 36.4 Å². The molecule has 120 valence electrons. The Bertz CT molecular complexity index is 929. The molecule has 24 heavy (non-hydrogen) atoms. The summed E-state index contributed by atoms with van der Waals surface area (Å²) in [5, 5.41) is 18.5. The number of aromatic nitrogens is 1. The molecule has 3 rings (SSSR count). The van der Waals surface area contributed by atoms with Crippen LogP contribution in [0.4, 0.5) is 0 Å². The molecule has 7 heteroatoms. The van der Waals surface area contributed by atoms with Gasteiger partial charge >= 0.3 is 0 Å². The smallest absolute Gasteiger partial charge is 0.244 e. The van der Waals surface area contributed by atoms with E-state index in [9.17, 15) is 13.7 Å². The van der Waals surface area contributed by atoms with Crippen LogP contribution in [0.5, 0.6) is 0 Å². The molecule has 1 aromatic carbocycles. The largest absolute Gasteiger partial charge is 0.246 e. The quantitative estimate of drug-likeness (QED) is 0.851. The zero-order valence-corrected chi connectivity index (χ0v) is 13.5. The Kier molecular flexibility index (Phi) is 4.30. The molecule has 2 heterocycles. The van der Waals surface area contributed by atoms with E-state index in [0.717, 1.165) is 5.56 Å². The Morgan fingerprint density at radius 2 is 1.83 bits per heavy atom. The van der Waals surface area contributed by atoms with Crippen LogP contribution < -0.4 is 0 Å². The van der Waals surface area contributed by atoms with Crippen LogP contribution >= 0.6 is 0 Å². The number of rotatable bonds is 3. The SMILES string of the molecule is N#Cc1ncccc1S(=O)(=O)N1C[C@@H](C#N)[C@H](c2ccccc2)C1. The molecule has 0 amide bonds. The first-order chi connectivity index (χ1) is 11.6. The van der Waals surface area contributed by atoms with Crippen LogP contribution in [0, 0.1) is 28.6 Å². The van der Waals surface area contributed by atoms with E-state index in [1.54, 1.807) is 0 Å². The lowest BCUT2D eigenvalue weighted by Crippen LogP contribution is -2.30. The molecule has 0 unspecified atom stereocenters. The molecule has 1 fully saturated rings. The maximum Gasteiger partial charge on any atom is 0.246 e. The third kappa shape index (κ3) is 2.76. The number of hydrogen-bond donors (Lipinski definition) is 0. The highest BCUT2D eigenvalue weighted by Gasteiger charge is 2.41. The fraction of sp³-hybridized carbons (Fsp3) is 0.235. The third-order valence-corrected chi connectivity index (χ3v) is 6.04. The molecule has 1 aliphatic heterocycles. The minimum absolute atomic E-state index is 0.109. The molecule has 6 nitrogen and oxygen atoms in total. The number of nitrogens with zero attached hydrogens (tertiary/aromatic N) is 4. The minimum atomic E-state index is -3.87. The number of nitriles is 2. The van der Waals surface area contributed by atoms with Crippen molar-refractivity contribution in [2.24, 2.45) is 5.92 Å². The van der Waals surface area contributed by atoms with E-state index in [0.29, 0.717) is 0 Å². The van der Waals surface area contributed by atoms with E-state index >= 15 is 0 Å². The predicted octanol–water partition coefficient (Wildman–Crippen LogP) is 1.88. The Morgan fingerprint density at radius 3 is 2.50 bits per heavy atom. The average Bonchev–Trinajstić information content (AvgIpc) is 3.07. The summed E-state index contributed by atoms with van der Waals surface area (Å²) in [6.07, 6.45) is 1.38. The molecule has 0 bridgehead atoms. The zero-order chi connectivity index (χ0) is 17.2. The van der Waals surface area contributed by atoms with Gasteiger partial charge in [0.25, 0.3) is 0 Å². The molecule has 1 saturated heterocycles. The van der Waals surface area contributed by atoms with E-state index in [-0.39, 0.29) is 29.6 Å². The van der Waals surface area contributed by atoms with Gasteiger partial charge in [-0.3, -0.25) is 0 Å². The van der Waals surface area contributed by atoms with Gasteiger partial charge in [-0.25, -0.2) is 13.4 Å². The highest BCUT2D eigenvalue weighted by atomic mass is 32.2. The summed E-state index contributed by atoms with van der Waals surface area (Å²) in [5.41, 5.74) is 0.808. The molecule has 0 aliphatic carbocycles. The fourth-order valence-electron chi connectivity index (χ4n) is 2.95. The van der Waals surface area contributed by atoms with Crippen LogP contribution in [-0.2, 0) is 10.0 Å². The van der Waals surface area contributed by atoms with Crippen LogP contribution in [0.1, 0.15) is 17.2 Å². The van der Waals surface area contributed by atoms with Crippen molar-refractivity contribution in [1.82, 2.24) is 9.29 Å². The van der Waals surface area contributed by atoms with Gasteiger partial charge in [0, 0.05) is 25.2 Å². The molecule has 0 radical (unpaired) electrons. The van der Waals surface area contributed by atoms with Gasteiger partial charge in [0.15, 0.2) is 5.69 Å². The summed E-state index contributed by atoms with van der Waals surface area (Å²) in [5.74, 6) is -0.613. The van der Waals surface area contributed by atoms with E-state index in [2.05, 4.69) is 11.1 Å². The second-order valence-corrected chi connectivity index (χ2v) is 7.44. The van der Waals surface area contributed by atoms with Crippen molar-refractivity contribution in [2.75, 3.05) is 13.1 Å². The summed E-state index contributed by atoms with van der Waals surface area (Å²) >= 11 is 0. The van der Waals surface area contributed by atoms with Crippen molar-refractivity contribution in [1.29, 1.82) is 10.5 Å². The van der Waals surface area contributed by atoms with Crippen molar-refractivity contribution in [3.05, 3.63) is 59.9 Å². The van der Waals surface area contributed by atoms with E-state index in [4.69, 9.17) is 5.26 Å². The molecule has 2 atom stereocenters. The van der Waals surface area contributed by atoms with Gasteiger partial charge in [-0.1, -0.05) is 30.3 Å². The highest BCUT2D eigenvalue weighted by molar-refractivity contribution is 7.89. The second-order valence-electron chi connectivity index (χ2n) is 5.54. The minimum Gasteiger partial charge on any atom is -0.244 e. The van der Waals surface area contributed by atoms with Crippen molar-refractivity contribution in [2.45, 2.75) is 10.8 Å². The van der Waals surface area contributed by atoms with Crippen molar-refractivity contribution < 1.29 is 8.42 Å². The monoisotopic (exact) mass is 338 g/mol. The average molecular weight is 338 g/mol. The Balaban J connectivity index is 1.97. The lowest BCUT2D eigenvalue weighted by molar-refractivity contribution is 0.469. The van der Waals surface area contributed by atoms with Crippen LogP contribution in [0.15, 0.2) is 53.6 Å². The van der Waals surface area contributed by atoms with Gasteiger partial charge in [0.05, 0.1) is 12.0 Å². The summed E-state index contributed by atoms with van der Waals surface area (Å²) in [6, 6.07) is 16.3. The summed E-state index contributed by atoms with van der Waals surface area (Å²) in [6.45, 7) is 0.322. The van der Waals surface area contributed by atoms with Crippen molar-refractivity contribution >= 4 is 10.0 Å². The Labute approximate surface area is 140 Å². The predicted molar refractivity (Wildman–Crippen MR) is 86.0 cm³/mol. The zero-order valence-electron chi connectivity index (χ0n) is 12.7. The molecular weight excluding hydrogens is 324 g/mol. The summed E-state index contributed by atoms with van der Waals surface area (Å²) in [7, 11) is -3.87. The van der Waals surface area contributed by atoms with Crippen LogP contribution in [0.25, 0.3) is 0 Å². The van der Waals surface area contributed by atoms with Gasteiger partial charge < -0.3 is 0 Å². The van der Waals surface area contributed by atoms with Crippen LogP contribution in [-0.4, -0.2) is 30.8 Å². The topological polar surface area (TPSA) is 97.8 Å². The lowest BCUT2D eigenvalue weighted by Gasteiger charge is -2.17. The van der Waals surface area contributed by atoms with Gasteiger partial charge in [-0.15, -0.1) is 0 Å². The summed E-state index contributed by atoms with van der Waals surface area (Å²) in [4.78, 5) is 3.71. The molecule has 1 aromatic heterocycles. The molecule has 1 aliphatic rings. The molecular formula is C17H14N4O2S. The number of hydrogen-bond acceptors (Lipinski definition) is 5. The van der Waals surface area contributed by atoms with E-state index in [1.165, 1.54) is 22.6 Å². The first-order valence-corrected chi connectivity index (χ1v) is 8.81. The number of benzene rings is 1. The van der Waals surface area contributed by atoms with Gasteiger partial charge in [0.1, 0.15) is 11.0 Å². The Hall–Kier alpha value is -2.74. The van der Waals surface area contributed by atoms with Gasteiger partial charge in [0.2, 0.25) is 10.0 Å². The molecule has 0 spiro atoms. The lowest BCUT2D eigenvalue weighted by atomic mass is 9.90. The van der Waals surface area contributed by atoms with Crippen molar-refractivity contribution in [3.8, 4) is 12.1 Å². The second kappa shape index (κ2) is 6.40. The van der Waals surface area contributed by atoms with Crippen LogP contribution in [0.3, 0.4) is 0 Å². The normalized spacial score (nSPS) is 21.1. The molecule has 0 N–H and O–H groups in total.